The predicted molar refractivity (Wildman–Crippen MR) is 69.4 cm³/mol. The fourth-order valence-electron chi connectivity index (χ4n) is 1.98. The number of ether oxygens (including phenoxy) is 1. The Kier molecular flexibility index (Phi) is 3.55. The third-order valence-corrected chi connectivity index (χ3v) is 2.97. The summed E-state index contributed by atoms with van der Waals surface area (Å²) in [5.74, 6) is 0.131. The number of benzene rings is 1. The smallest absolute Gasteiger partial charge is 0.331 e. The molecule has 0 bridgehead atoms. The van der Waals surface area contributed by atoms with Gasteiger partial charge in [0.15, 0.2) is 0 Å². The number of esters is 1. The summed E-state index contributed by atoms with van der Waals surface area (Å²) in [6.45, 7) is 4.08. The van der Waals surface area contributed by atoms with Gasteiger partial charge in [0.25, 0.3) is 0 Å². The second-order valence-corrected chi connectivity index (χ2v) is 4.69. The van der Waals surface area contributed by atoms with Gasteiger partial charge in [-0.2, -0.15) is 0 Å². The van der Waals surface area contributed by atoms with Crippen LogP contribution in [0.2, 0.25) is 0 Å². The molecule has 2 N–H and O–H groups in total. The number of cyclic esters (lactones) is 1. The highest BCUT2D eigenvalue weighted by Crippen LogP contribution is 2.26. The van der Waals surface area contributed by atoms with Crippen molar-refractivity contribution in [1.82, 2.24) is 0 Å². The topological polar surface area (TPSA) is 58.6 Å². The van der Waals surface area contributed by atoms with E-state index in [1.54, 1.807) is 24.3 Å². The number of anilines is 1. The molecule has 96 valence electrons. The molecule has 0 spiro atoms. The zero-order valence-electron chi connectivity index (χ0n) is 10.5. The first-order valence-corrected chi connectivity index (χ1v) is 6.01. The normalized spacial score (nSPS) is 19.9. The summed E-state index contributed by atoms with van der Waals surface area (Å²) >= 11 is 0. The highest BCUT2D eigenvalue weighted by Gasteiger charge is 2.29. The summed E-state index contributed by atoms with van der Waals surface area (Å²) in [7, 11) is 0. The van der Waals surface area contributed by atoms with Gasteiger partial charge in [-0.3, -0.25) is 0 Å². The summed E-state index contributed by atoms with van der Waals surface area (Å²) in [6.07, 6.45) is 2.89. The lowest BCUT2D eigenvalue weighted by Crippen LogP contribution is -2.37. The lowest BCUT2D eigenvalue weighted by Gasteiger charge is -2.27. The largest absolute Gasteiger partial charge is 0.506 e. The van der Waals surface area contributed by atoms with Crippen molar-refractivity contribution < 1.29 is 14.6 Å². The lowest BCUT2D eigenvalue weighted by atomic mass is 9.98. The minimum atomic E-state index is -0.315. The van der Waals surface area contributed by atoms with Crippen LogP contribution in [0, 0.1) is 5.92 Å². The molecule has 0 radical (unpaired) electrons. The Balaban J connectivity index is 2.15. The van der Waals surface area contributed by atoms with Crippen molar-refractivity contribution in [3.05, 3.63) is 36.4 Å². The Morgan fingerprint density at radius 2 is 2.06 bits per heavy atom. The van der Waals surface area contributed by atoms with E-state index in [1.807, 2.05) is 19.9 Å². The van der Waals surface area contributed by atoms with Crippen molar-refractivity contribution in [3.63, 3.8) is 0 Å². The molecule has 0 fully saturated rings. The van der Waals surface area contributed by atoms with Gasteiger partial charge in [0.1, 0.15) is 11.9 Å². The molecule has 4 nitrogen and oxygen atoms in total. The molecule has 0 amide bonds. The zero-order chi connectivity index (χ0) is 13.1. The first kappa shape index (κ1) is 12.5. The lowest BCUT2D eigenvalue weighted by molar-refractivity contribution is -0.139. The molecule has 0 aliphatic carbocycles. The number of carbonyl (C=O) groups is 1. The number of hydrogen-bond acceptors (Lipinski definition) is 4. The Morgan fingerprint density at radius 3 is 2.61 bits per heavy atom. The fraction of sp³-hybridized carbons (Fsp3) is 0.357. The van der Waals surface area contributed by atoms with Crippen LogP contribution in [0.1, 0.15) is 13.8 Å². The maximum atomic E-state index is 11.1. The molecule has 0 unspecified atom stereocenters. The Hall–Kier alpha value is -1.97. The Labute approximate surface area is 106 Å². The van der Waals surface area contributed by atoms with Gasteiger partial charge in [0, 0.05) is 6.08 Å². The second-order valence-electron chi connectivity index (χ2n) is 4.69. The molecular weight excluding hydrogens is 230 g/mol. The fourth-order valence-corrected chi connectivity index (χ4v) is 1.98. The Morgan fingerprint density at radius 1 is 1.33 bits per heavy atom. The van der Waals surface area contributed by atoms with Crippen LogP contribution in [-0.2, 0) is 9.53 Å². The van der Waals surface area contributed by atoms with E-state index in [0.29, 0.717) is 5.69 Å². The predicted octanol–water partition coefficient (Wildman–Crippen LogP) is 2.31. The molecule has 0 saturated carbocycles. The van der Waals surface area contributed by atoms with E-state index < -0.39 is 0 Å². The van der Waals surface area contributed by atoms with Crippen molar-refractivity contribution in [1.29, 1.82) is 0 Å². The van der Waals surface area contributed by atoms with Crippen LogP contribution in [0.15, 0.2) is 36.4 Å². The summed E-state index contributed by atoms with van der Waals surface area (Å²) in [6, 6.07) is 6.96. The molecule has 2 atom stereocenters. The average molecular weight is 247 g/mol. The van der Waals surface area contributed by atoms with Crippen LogP contribution >= 0.6 is 0 Å². The third-order valence-electron chi connectivity index (χ3n) is 2.97. The summed E-state index contributed by atoms with van der Waals surface area (Å²) in [5.41, 5.74) is 0.646. The monoisotopic (exact) mass is 247 g/mol. The van der Waals surface area contributed by atoms with E-state index >= 15 is 0 Å². The van der Waals surface area contributed by atoms with E-state index in [0.717, 1.165) is 0 Å². The van der Waals surface area contributed by atoms with E-state index in [9.17, 15) is 9.90 Å². The summed E-state index contributed by atoms with van der Waals surface area (Å²) < 4.78 is 5.20. The molecule has 4 heteroatoms. The standard InChI is InChI=1S/C14H17NO3/c1-9(2)14(12-7-8-13(17)18-12)15-10-5-3-4-6-11(10)16/h3-9,12,14-16H,1-2H3/t12-,14+/m1/s1. The van der Waals surface area contributed by atoms with Gasteiger partial charge < -0.3 is 15.2 Å². The minimum Gasteiger partial charge on any atom is -0.506 e. The van der Waals surface area contributed by atoms with Crippen LogP contribution in [0.25, 0.3) is 0 Å². The SMILES string of the molecule is CC(C)[C@H](Nc1ccccc1O)[C@H]1C=CC(=O)O1. The number of carbonyl (C=O) groups excluding carboxylic acids is 1. The van der Waals surface area contributed by atoms with E-state index in [2.05, 4.69) is 5.32 Å². The Bertz CT molecular complexity index is 468. The molecular formula is C14H17NO3. The third kappa shape index (κ3) is 2.64. The van der Waals surface area contributed by atoms with E-state index in [1.165, 1.54) is 6.08 Å². The van der Waals surface area contributed by atoms with Crippen molar-refractivity contribution >= 4 is 11.7 Å². The molecule has 1 aliphatic heterocycles. The summed E-state index contributed by atoms with van der Waals surface area (Å²) in [5, 5.41) is 13.0. The van der Waals surface area contributed by atoms with Crippen LogP contribution in [0.5, 0.6) is 5.75 Å². The van der Waals surface area contributed by atoms with Gasteiger partial charge in [0.2, 0.25) is 0 Å². The average Bonchev–Trinajstić information content (AvgIpc) is 2.74. The minimum absolute atomic E-state index is 0.0685. The van der Waals surface area contributed by atoms with Gasteiger partial charge in [-0.15, -0.1) is 0 Å². The number of phenolic OH excluding ortho intramolecular Hbond substituents is 1. The number of aromatic hydroxyl groups is 1. The molecule has 1 aromatic rings. The maximum absolute atomic E-state index is 11.1. The van der Waals surface area contributed by atoms with Crippen molar-refractivity contribution in [2.45, 2.75) is 26.0 Å². The van der Waals surface area contributed by atoms with E-state index in [4.69, 9.17) is 4.74 Å². The van der Waals surface area contributed by atoms with Gasteiger partial charge >= 0.3 is 5.97 Å². The van der Waals surface area contributed by atoms with E-state index in [-0.39, 0.29) is 29.8 Å². The van der Waals surface area contributed by atoms with Gasteiger partial charge in [-0.25, -0.2) is 4.79 Å². The number of para-hydroxylation sites is 2. The maximum Gasteiger partial charge on any atom is 0.331 e. The number of rotatable bonds is 4. The second kappa shape index (κ2) is 5.12. The van der Waals surface area contributed by atoms with Crippen LogP contribution in [0.4, 0.5) is 5.69 Å². The van der Waals surface area contributed by atoms with Crippen molar-refractivity contribution in [3.8, 4) is 5.75 Å². The first-order valence-electron chi connectivity index (χ1n) is 6.01. The number of hydrogen-bond donors (Lipinski definition) is 2. The first-order chi connectivity index (χ1) is 8.58. The van der Waals surface area contributed by atoms with Crippen LogP contribution in [0.3, 0.4) is 0 Å². The molecule has 18 heavy (non-hydrogen) atoms. The number of phenols is 1. The van der Waals surface area contributed by atoms with Crippen LogP contribution in [-0.4, -0.2) is 23.2 Å². The highest BCUT2D eigenvalue weighted by molar-refractivity contribution is 5.84. The van der Waals surface area contributed by atoms with Gasteiger partial charge in [-0.1, -0.05) is 26.0 Å². The molecule has 1 heterocycles. The number of nitrogens with one attached hydrogen (secondary N) is 1. The molecule has 1 aliphatic rings. The zero-order valence-corrected chi connectivity index (χ0v) is 10.5. The molecule has 0 aromatic heterocycles. The van der Waals surface area contributed by atoms with Gasteiger partial charge in [0.05, 0.1) is 11.7 Å². The molecule has 1 aromatic carbocycles. The van der Waals surface area contributed by atoms with Crippen molar-refractivity contribution in [2.24, 2.45) is 5.92 Å². The molecule has 2 rings (SSSR count). The van der Waals surface area contributed by atoms with Crippen molar-refractivity contribution in [2.75, 3.05) is 5.32 Å². The molecule has 0 saturated heterocycles. The summed E-state index contributed by atoms with van der Waals surface area (Å²) in [4.78, 5) is 11.1. The van der Waals surface area contributed by atoms with Gasteiger partial charge in [-0.05, 0) is 24.1 Å². The highest BCUT2D eigenvalue weighted by atomic mass is 16.5. The quantitative estimate of drug-likeness (QED) is 0.633. The van der Waals surface area contributed by atoms with Crippen LogP contribution < -0.4 is 5.32 Å².